The third-order valence-electron chi connectivity index (χ3n) is 3.93. The van der Waals surface area contributed by atoms with E-state index in [-0.39, 0.29) is 17.4 Å². The molecule has 0 aliphatic carbocycles. The highest BCUT2D eigenvalue weighted by atomic mass is 19.1. The summed E-state index contributed by atoms with van der Waals surface area (Å²) in [6.45, 7) is 0.995. The molecule has 0 bridgehead atoms. The molecule has 2 N–H and O–H groups in total. The molecule has 0 unspecified atom stereocenters. The maximum atomic E-state index is 12.9. The van der Waals surface area contributed by atoms with Gasteiger partial charge in [-0.2, -0.15) is 0 Å². The lowest BCUT2D eigenvalue weighted by molar-refractivity contribution is 0.102. The van der Waals surface area contributed by atoms with Crippen LogP contribution in [0.2, 0.25) is 0 Å². The van der Waals surface area contributed by atoms with Crippen molar-refractivity contribution < 1.29 is 18.7 Å². The minimum absolute atomic E-state index is 0.273. The van der Waals surface area contributed by atoms with Crippen molar-refractivity contribution in [3.8, 4) is 11.5 Å². The summed E-state index contributed by atoms with van der Waals surface area (Å²) in [5.74, 6) is 0.629. The molecule has 1 amide bonds. The van der Waals surface area contributed by atoms with Gasteiger partial charge in [0.25, 0.3) is 5.91 Å². The molecule has 1 aliphatic heterocycles. The molecule has 6 nitrogen and oxygen atoms in total. The number of carbonyl (C=O) groups is 1. The number of pyridine rings is 1. The van der Waals surface area contributed by atoms with Crippen LogP contribution in [0.25, 0.3) is 0 Å². The molecular formula is C20H16FN3O3. The zero-order chi connectivity index (χ0) is 18.6. The van der Waals surface area contributed by atoms with Gasteiger partial charge in [-0.25, -0.2) is 9.37 Å². The van der Waals surface area contributed by atoms with Crippen LogP contribution in [-0.4, -0.2) is 24.1 Å². The van der Waals surface area contributed by atoms with Gasteiger partial charge in [-0.05, 0) is 48.5 Å². The SMILES string of the molecule is O=C(Nc1ccc2c(c1)OCCO2)c1ccc(Nc2ccc(F)cc2)cn1. The zero-order valence-electron chi connectivity index (χ0n) is 14.2. The number of ether oxygens (including phenoxy) is 2. The Bertz CT molecular complexity index is 959. The van der Waals surface area contributed by atoms with Gasteiger partial charge < -0.3 is 20.1 Å². The minimum atomic E-state index is -0.333. The van der Waals surface area contributed by atoms with Crippen molar-refractivity contribution in [3.63, 3.8) is 0 Å². The van der Waals surface area contributed by atoms with Crippen molar-refractivity contribution in [3.05, 3.63) is 72.3 Å². The second-order valence-corrected chi connectivity index (χ2v) is 5.88. The second-order valence-electron chi connectivity index (χ2n) is 5.88. The molecule has 136 valence electrons. The molecule has 27 heavy (non-hydrogen) atoms. The lowest BCUT2D eigenvalue weighted by Crippen LogP contribution is -2.17. The monoisotopic (exact) mass is 365 g/mol. The van der Waals surface area contributed by atoms with E-state index in [2.05, 4.69) is 15.6 Å². The summed E-state index contributed by atoms with van der Waals surface area (Å²) in [7, 11) is 0. The Balaban J connectivity index is 1.42. The first-order valence-electron chi connectivity index (χ1n) is 8.37. The maximum absolute atomic E-state index is 12.9. The Morgan fingerprint density at radius 1 is 0.889 bits per heavy atom. The van der Waals surface area contributed by atoms with Crippen molar-refractivity contribution in [2.45, 2.75) is 0 Å². The van der Waals surface area contributed by atoms with E-state index in [1.165, 1.54) is 12.1 Å². The van der Waals surface area contributed by atoms with E-state index in [0.29, 0.717) is 36.1 Å². The highest BCUT2D eigenvalue weighted by Crippen LogP contribution is 2.32. The standard InChI is InChI=1S/C20H16FN3O3/c21-13-1-3-14(4-2-13)23-16-5-7-17(22-12-16)20(25)24-15-6-8-18-19(11-15)27-10-9-26-18/h1-8,11-12,23H,9-10H2,(H,24,25). The van der Waals surface area contributed by atoms with Gasteiger partial charge in [-0.3, -0.25) is 4.79 Å². The summed E-state index contributed by atoms with van der Waals surface area (Å²) in [4.78, 5) is 16.6. The first kappa shape index (κ1) is 16.8. The average Bonchev–Trinajstić information content (AvgIpc) is 2.70. The van der Waals surface area contributed by atoms with Crippen LogP contribution in [0.15, 0.2) is 60.8 Å². The lowest BCUT2D eigenvalue weighted by Gasteiger charge is -2.19. The fraction of sp³-hybridized carbons (Fsp3) is 0.100. The summed E-state index contributed by atoms with van der Waals surface area (Å²) in [6.07, 6.45) is 1.54. The van der Waals surface area contributed by atoms with Gasteiger partial charge in [0.15, 0.2) is 11.5 Å². The highest BCUT2D eigenvalue weighted by Gasteiger charge is 2.14. The largest absolute Gasteiger partial charge is 0.486 e. The molecule has 0 spiro atoms. The van der Waals surface area contributed by atoms with Crippen molar-refractivity contribution in [1.82, 2.24) is 4.98 Å². The highest BCUT2D eigenvalue weighted by molar-refractivity contribution is 6.03. The van der Waals surface area contributed by atoms with Crippen LogP contribution < -0.4 is 20.1 Å². The van der Waals surface area contributed by atoms with Crippen LogP contribution in [0.4, 0.5) is 21.5 Å². The first-order chi connectivity index (χ1) is 13.2. The maximum Gasteiger partial charge on any atom is 0.274 e. The third kappa shape index (κ3) is 3.98. The van der Waals surface area contributed by atoms with Crippen LogP contribution in [0.3, 0.4) is 0 Å². The first-order valence-corrected chi connectivity index (χ1v) is 8.37. The second kappa shape index (κ2) is 7.33. The molecular weight excluding hydrogens is 349 g/mol. The molecule has 3 aromatic rings. The lowest BCUT2D eigenvalue weighted by atomic mass is 10.2. The molecule has 1 aliphatic rings. The number of fused-ring (bicyclic) bond motifs is 1. The van der Waals surface area contributed by atoms with Gasteiger partial charge in [-0.15, -0.1) is 0 Å². The van der Waals surface area contributed by atoms with E-state index in [1.807, 2.05) is 0 Å². The summed E-state index contributed by atoms with van der Waals surface area (Å²) in [6, 6.07) is 14.5. The topological polar surface area (TPSA) is 72.5 Å². The Morgan fingerprint density at radius 3 is 2.33 bits per heavy atom. The van der Waals surface area contributed by atoms with Crippen LogP contribution in [0.1, 0.15) is 10.5 Å². The number of rotatable bonds is 4. The number of hydrogen-bond donors (Lipinski definition) is 2. The quantitative estimate of drug-likeness (QED) is 0.731. The summed E-state index contributed by atoms with van der Waals surface area (Å²) in [5, 5.41) is 5.87. The predicted octanol–water partition coefficient (Wildman–Crippen LogP) is 3.99. The summed E-state index contributed by atoms with van der Waals surface area (Å²) < 4.78 is 23.9. The molecule has 7 heteroatoms. The third-order valence-corrected chi connectivity index (χ3v) is 3.93. The Hall–Kier alpha value is -3.61. The van der Waals surface area contributed by atoms with Crippen molar-refractivity contribution >= 4 is 23.0 Å². The molecule has 0 atom stereocenters. The van der Waals surface area contributed by atoms with E-state index in [4.69, 9.17) is 9.47 Å². The van der Waals surface area contributed by atoms with Crippen LogP contribution in [0, 0.1) is 5.82 Å². The molecule has 4 rings (SSSR count). The van der Waals surface area contributed by atoms with Crippen LogP contribution in [0.5, 0.6) is 11.5 Å². The molecule has 2 aromatic carbocycles. The number of amides is 1. The fourth-order valence-corrected chi connectivity index (χ4v) is 2.62. The molecule has 2 heterocycles. The molecule has 0 radical (unpaired) electrons. The van der Waals surface area contributed by atoms with Gasteiger partial charge >= 0.3 is 0 Å². The van der Waals surface area contributed by atoms with Gasteiger partial charge in [0.2, 0.25) is 0 Å². The van der Waals surface area contributed by atoms with Gasteiger partial charge in [0.05, 0.1) is 11.9 Å². The van der Waals surface area contributed by atoms with Gasteiger partial charge in [0.1, 0.15) is 24.7 Å². The van der Waals surface area contributed by atoms with Crippen molar-refractivity contribution in [1.29, 1.82) is 0 Å². The minimum Gasteiger partial charge on any atom is -0.486 e. The number of aromatic nitrogens is 1. The van der Waals surface area contributed by atoms with E-state index in [9.17, 15) is 9.18 Å². The van der Waals surface area contributed by atoms with Crippen molar-refractivity contribution in [2.75, 3.05) is 23.8 Å². The number of anilines is 3. The number of carbonyl (C=O) groups excluding carboxylic acids is 1. The normalized spacial score (nSPS) is 12.3. The molecule has 0 fully saturated rings. The summed E-state index contributed by atoms with van der Waals surface area (Å²) in [5.41, 5.74) is 2.29. The predicted molar refractivity (Wildman–Crippen MR) is 99.3 cm³/mol. The van der Waals surface area contributed by atoms with E-state index in [1.54, 1.807) is 48.7 Å². The molecule has 0 saturated carbocycles. The Kier molecular flexibility index (Phi) is 4.57. The molecule has 0 saturated heterocycles. The number of hydrogen-bond acceptors (Lipinski definition) is 5. The van der Waals surface area contributed by atoms with Crippen LogP contribution in [-0.2, 0) is 0 Å². The fourth-order valence-electron chi connectivity index (χ4n) is 2.62. The number of nitrogens with zero attached hydrogens (tertiary/aromatic N) is 1. The Labute approximate surface area is 155 Å². The number of halogens is 1. The Morgan fingerprint density at radius 2 is 1.59 bits per heavy atom. The number of nitrogens with one attached hydrogen (secondary N) is 2. The summed E-state index contributed by atoms with van der Waals surface area (Å²) >= 11 is 0. The number of benzene rings is 2. The average molecular weight is 365 g/mol. The van der Waals surface area contributed by atoms with Crippen molar-refractivity contribution in [2.24, 2.45) is 0 Å². The van der Waals surface area contributed by atoms with Gasteiger partial charge in [-0.1, -0.05) is 0 Å². The van der Waals surface area contributed by atoms with E-state index >= 15 is 0 Å². The smallest absolute Gasteiger partial charge is 0.274 e. The van der Waals surface area contributed by atoms with E-state index < -0.39 is 0 Å². The molecule has 1 aromatic heterocycles. The zero-order valence-corrected chi connectivity index (χ0v) is 14.2. The van der Waals surface area contributed by atoms with Crippen LogP contribution >= 0.6 is 0 Å². The van der Waals surface area contributed by atoms with E-state index in [0.717, 1.165) is 5.69 Å². The van der Waals surface area contributed by atoms with Gasteiger partial charge in [0, 0.05) is 17.4 Å².